The first-order valence-electron chi connectivity index (χ1n) is 9.71. The molecule has 0 spiro atoms. The zero-order valence-electron chi connectivity index (χ0n) is 14.3. The molecular formula is C18H33N3O2. The Hall–Kier alpha value is -0.810. The summed E-state index contributed by atoms with van der Waals surface area (Å²) in [6.45, 7) is 2.18. The van der Waals surface area contributed by atoms with Crippen LogP contribution in [0.15, 0.2) is 0 Å². The van der Waals surface area contributed by atoms with Gasteiger partial charge in [0.25, 0.3) is 0 Å². The number of amides is 2. The standard InChI is InChI=1S/C18H33N3O2/c22-17-11-5-4-10-16(17)20-18(23)19-14-7-6-12-21(13-14)15-8-2-1-3-9-15/h14-17,22H,1-13H2,(H2,19,20,23). The number of rotatable bonds is 3. The summed E-state index contributed by atoms with van der Waals surface area (Å²) in [5.41, 5.74) is 0. The van der Waals surface area contributed by atoms with Crippen LogP contribution in [-0.4, -0.2) is 53.4 Å². The van der Waals surface area contributed by atoms with Crippen molar-refractivity contribution >= 4 is 6.03 Å². The summed E-state index contributed by atoms with van der Waals surface area (Å²) in [7, 11) is 0. The second-order valence-corrected chi connectivity index (χ2v) is 7.70. The van der Waals surface area contributed by atoms with Crippen molar-refractivity contribution in [2.75, 3.05) is 13.1 Å². The number of hydrogen-bond donors (Lipinski definition) is 3. The van der Waals surface area contributed by atoms with Gasteiger partial charge in [0.15, 0.2) is 0 Å². The first-order valence-corrected chi connectivity index (χ1v) is 9.71. The van der Waals surface area contributed by atoms with Crippen LogP contribution in [0.1, 0.15) is 70.6 Å². The van der Waals surface area contributed by atoms with Gasteiger partial charge in [0.05, 0.1) is 12.1 Å². The molecule has 0 aromatic rings. The Kier molecular flexibility index (Phi) is 6.17. The summed E-state index contributed by atoms with van der Waals surface area (Å²) in [6, 6.07) is 0.830. The molecular weight excluding hydrogens is 290 g/mol. The van der Waals surface area contributed by atoms with Crippen molar-refractivity contribution in [3.05, 3.63) is 0 Å². The van der Waals surface area contributed by atoms with Crippen molar-refractivity contribution < 1.29 is 9.90 Å². The largest absolute Gasteiger partial charge is 0.391 e. The van der Waals surface area contributed by atoms with Gasteiger partial charge < -0.3 is 15.7 Å². The third kappa shape index (κ3) is 4.83. The number of urea groups is 1. The van der Waals surface area contributed by atoms with Crippen molar-refractivity contribution in [2.24, 2.45) is 0 Å². The quantitative estimate of drug-likeness (QED) is 0.747. The summed E-state index contributed by atoms with van der Waals surface area (Å²) in [4.78, 5) is 14.9. The Morgan fingerprint density at radius 3 is 2.39 bits per heavy atom. The van der Waals surface area contributed by atoms with Crippen molar-refractivity contribution in [1.29, 1.82) is 0 Å². The normalized spacial score (nSPS) is 34.0. The highest BCUT2D eigenvalue weighted by Gasteiger charge is 2.29. The topological polar surface area (TPSA) is 64.6 Å². The van der Waals surface area contributed by atoms with Gasteiger partial charge in [-0.1, -0.05) is 32.1 Å². The second kappa shape index (κ2) is 8.34. The highest BCUT2D eigenvalue weighted by atomic mass is 16.3. The van der Waals surface area contributed by atoms with Crippen molar-refractivity contribution in [2.45, 2.75) is 94.9 Å². The maximum absolute atomic E-state index is 12.3. The van der Waals surface area contributed by atoms with Crippen LogP contribution in [-0.2, 0) is 0 Å². The van der Waals surface area contributed by atoms with Crippen LogP contribution < -0.4 is 10.6 Å². The van der Waals surface area contributed by atoms with Gasteiger partial charge in [0.2, 0.25) is 0 Å². The third-order valence-corrected chi connectivity index (χ3v) is 5.93. The van der Waals surface area contributed by atoms with Gasteiger partial charge in [0.1, 0.15) is 0 Å². The van der Waals surface area contributed by atoms with Gasteiger partial charge >= 0.3 is 6.03 Å². The van der Waals surface area contributed by atoms with E-state index in [0.717, 1.165) is 44.7 Å². The molecule has 1 heterocycles. The molecule has 3 fully saturated rings. The monoisotopic (exact) mass is 323 g/mol. The van der Waals surface area contributed by atoms with Crippen LogP contribution in [0.4, 0.5) is 4.79 Å². The Balaban J connectivity index is 1.44. The average molecular weight is 323 g/mol. The summed E-state index contributed by atoms with van der Waals surface area (Å²) in [5, 5.41) is 16.1. The van der Waals surface area contributed by atoms with E-state index in [9.17, 15) is 9.90 Å². The van der Waals surface area contributed by atoms with Gasteiger partial charge in [-0.3, -0.25) is 4.90 Å². The van der Waals surface area contributed by atoms with Gasteiger partial charge in [-0.2, -0.15) is 0 Å². The SMILES string of the molecule is O=C(NC1CCCN(C2CCCCC2)C1)NC1CCCCC1O. The van der Waals surface area contributed by atoms with E-state index < -0.39 is 0 Å². The lowest BCUT2D eigenvalue weighted by molar-refractivity contribution is 0.0911. The molecule has 5 heteroatoms. The van der Waals surface area contributed by atoms with Gasteiger partial charge in [-0.05, 0) is 45.1 Å². The number of hydrogen-bond acceptors (Lipinski definition) is 3. The Morgan fingerprint density at radius 1 is 0.870 bits per heavy atom. The van der Waals surface area contributed by atoms with Crippen LogP contribution in [0.3, 0.4) is 0 Å². The van der Waals surface area contributed by atoms with Crippen LogP contribution in [0.25, 0.3) is 0 Å². The molecule has 3 unspecified atom stereocenters. The average Bonchev–Trinajstić information content (AvgIpc) is 2.58. The second-order valence-electron chi connectivity index (χ2n) is 7.70. The molecule has 1 saturated heterocycles. The summed E-state index contributed by atoms with van der Waals surface area (Å²) in [6.07, 6.45) is 12.5. The van der Waals surface area contributed by atoms with Gasteiger partial charge in [-0.25, -0.2) is 4.79 Å². The minimum absolute atomic E-state index is 0.0678. The minimum Gasteiger partial charge on any atom is -0.391 e. The number of carbonyl (C=O) groups excluding carboxylic acids is 1. The predicted molar refractivity (Wildman–Crippen MR) is 91.4 cm³/mol. The highest BCUT2D eigenvalue weighted by molar-refractivity contribution is 5.74. The van der Waals surface area contributed by atoms with Crippen LogP contribution in [0.5, 0.6) is 0 Å². The van der Waals surface area contributed by atoms with Gasteiger partial charge in [0, 0.05) is 18.6 Å². The number of likely N-dealkylation sites (tertiary alicyclic amines) is 1. The molecule has 2 aliphatic carbocycles. The molecule has 3 N–H and O–H groups in total. The van der Waals surface area contributed by atoms with E-state index in [4.69, 9.17) is 0 Å². The van der Waals surface area contributed by atoms with E-state index in [-0.39, 0.29) is 24.2 Å². The number of carbonyl (C=O) groups is 1. The molecule has 0 aromatic carbocycles. The number of aliphatic hydroxyl groups excluding tert-OH is 1. The van der Waals surface area contributed by atoms with Gasteiger partial charge in [-0.15, -0.1) is 0 Å². The summed E-state index contributed by atoms with van der Waals surface area (Å²) < 4.78 is 0. The first kappa shape index (κ1) is 17.0. The molecule has 132 valence electrons. The molecule has 3 aliphatic rings. The molecule has 2 amide bonds. The van der Waals surface area contributed by atoms with E-state index in [1.165, 1.54) is 45.1 Å². The zero-order valence-corrected chi connectivity index (χ0v) is 14.3. The zero-order chi connectivity index (χ0) is 16.1. The number of piperidine rings is 1. The fourth-order valence-corrected chi connectivity index (χ4v) is 4.58. The molecule has 0 bridgehead atoms. The molecule has 0 aromatic heterocycles. The smallest absolute Gasteiger partial charge is 0.315 e. The molecule has 3 atom stereocenters. The Labute approximate surface area is 140 Å². The van der Waals surface area contributed by atoms with Crippen molar-refractivity contribution in [1.82, 2.24) is 15.5 Å². The van der Waals surface area contributed by atoms with E-state index in [0.29, 0.717) is 0 Å². The fraction of sp³-hybridized carbons (Fsp3) is 0.944. The number of aliphatic hydroxyl groups is 1. The highest BCUT2D eigenvalue weighted by Crippen LogP contribution is 2.25. The lowest BCUT2D eigenvalue weighted by Gasteiger charge is -2.40. The van der Waals surface area contributed by atoms with E-state index in [2.05, 4.69) is 15.5 Å². The maximum Gasteiger partial charge on any atom is 0.315 e. The summed E-state index contributed by atoms with van der Waals surface area (Å²) in [5.74, 6) is 0. The molecule has 5 nitrogen and oxygen atoms in total. The first-order chi connectivity index (χ1) is 11.2. The molecule has 23 heavy (non-hydrogen) atoms. The third-order valence-electron chi connectivity index (χ3n) is 5.93. The van der Waals surface area contributed by atoms with Crippen molar-refractivity contribution in [3.63, 3.8) is 0 Å². The maximum atomic E-state index is 12.3. The molecule has 3 rings (SSSR count). The lowest BCUT2D eigenvalue weighted by atomic mass is 9.92. The Morgan fingerprint density at radius 2 is 1.61 bits per heavy atom. The minimum atomic E-state index is -0.375. The number of nitrogens with one attached hydrogen (secondary N) is 2. The fourth-order valence-electron chi connectivity index (χ4n) is 4.58. The van der Waals surface area contributed by atoms with E-state index in [1.807, 2.05) is 0 Å². The van der Waals surface area contributed by atoms with E-state index in [1.54, 1.807) is 0 Å². The summed E-state index contributed by atoms with van der Waals surface area (Å²) >= 11 is 0. The molecule has 2 saturated carbocycles. The molecule has 0 radical (unpaired) electrons. The van der Waals surface area contributed by atoms with E-state index >= 15 is 0 Å². The molecule has 1 aliphatic heterocycles. The van der Waals surface area contributed by atoms with Crippen molar-refractivity contribution in [3.8, 4) is 0 Å². The van der Waals surface area contributed by atoms with Crippen LogP contribution >= 0.6 is 0 Å². The number of nitrogens with zero attached hydrogens (tertiary/aromatic N) is 1. The predicted octanol–water partition coefficient (Wildman–Crippen LogP) is 2.39. The Bertz CT molecular complexity index is 384. The van der Waals surface area contributed by atoms with Crippen LogP contribution in [0.2, 0.25) is 0 Å². The lowest BCUT2D eigenvalue weighted by Crippen LogP contribution is -2.55. The van der Waals surface area contributed by atoms with Crippen LogP contribution in [0, 0.1) is 0 Å².